The second-order valence-electron chi connectivity index (χ2n) is 4.95. The van der Waals surface area contributed by atoms with Crippen molar-refractivity contribution in [1.29, 1.82) is 0 Å². The summed E-state index contributed by atoms with van der Waals surface area (Å²) in [6, 6.07) is 5.46. The molecule has 0 bridgehead atoms. The Morgan fingerprint density at radius 3 is 2.71 bits per heavy atom. The van der Waals surface area contributed by atoms with Crippen LogP contribution in [-0.4, -0.2) is 25.2 Å². The highest BCUT2D eigenvalue weighted by Crippen LogP contribution is 2.27. The van der Waals surface area contributed by atoms with E-state index in [2.05, 4.69) is 5.32 Å². The summed E-state index contributed by atoms with van der Waals surface area (Å²) >= 11 is 0. The van der Waals surface area contributed by atoms with Crippen molar-refractivity contribution in [1.82, 2.24) is 5.32 Å². The van der Waals surface area contributed by atoms with E-state index in [0.717, 1.165) is 25.6 Å². The van der Waals surface area contributed by atoms with Crippen molar-refractivity contribution in [3.8, 4) is 0 Å². The number of hydrogen-bond acceptors (Lipinski definition) is 2. The van der Waals surface area contributed by atoms with E-state index >= 15 is 0 Å². The zero-order valence-corrected chi connectivity index (χ0v) is 9.63. The Morgan fingerprint density at radius 1 is 1.12 bits per heavy atom. The average molecular weight is 238 g/mol. The number of anilines is 1. The van der Waals surface area contributed by atoms with Crippen molar-refractivity contribution in [2.24, 2.45) is 0 Å². The molecule has 0 amide bonds. The lowest BCUT2D eigenvalue weighted by Crippen LogP contribution is -2.34. The maximum atomic E-state index is 13.6. The fourth-order valence-electron chi connectivity index (χ4n) is 2.44. The summed E-state index contributed by atoms with van der Waals surface area (Å²) in [5, 5.41) is 3.53. The molecule has 1 aromatic rings. The third-order valence-electron chi connectivity index (χ3n) is 3.51. The van der Waals surface area contributed by atoms with E-state index in [1.165, 1.54) is 12.8 Å². The molecule has 1 N–H and O–H groups in total. The van der Waals surface area contributed by atoms with Crippen LogP contribution in [0.1, 0.15) is 19.3 Å². The molecule has 2 nitrogen and oxygen atoms in total. The summed E-state index contributed by atoms with van der Waals surface area (Å²) in [6.45, 7) is 1.57. The zero-order chi connectivity index (χ0) is 11.8. The lowest BCUT2D eigenvalue weighted by atomic mass is 10.2. The standard InChI is InChI=1S/C13H16F2N2/c14-11-2-1-3-12(13(11)15)17-7-6-10(8-17)16-9-4-5-9/h1-3,9-10,16H,4-8H2. The summed E-state index contributed by atoms with van der Waals surface area (Å²) in [5.74, 6) is -1.49. The van der Waals surface area contributed by atoms with Gasteiger partial charge in [0, 0.05) is 25.2 Å². The molecule has 1 aromatic carbocycles. The number of hydrogen-bond donors (Lipinski definition) is 1. The van der Waals surface area contributed by atoms with Gasteiger partial charge >= 0.3 is 0 Å². The molecule has 17 heavy (non-hydrogen) atoms. The summed E-state index contributed by atoms with van der Waals surface area (Å²) in [5.41, 5.74) is 0.394. The van der Waals surface area contributed by atoms with Crippen LogP contribution in [0.2, 0.25) is 0 Å². The molecule has 3 rings (SSSR count). The van der Waals surface area contributed by atoms with E-state index < -0.39 is 11.6 Å². The van der Waals surface area contributed by atoms with Crippen LogP contribution in [0.25, 0.3) is 0 Å². The lowest BCUT2D eigenvalue weighted by Gasteiger charge is -2.19. The normalized spacial score (nSPS) is 24.4. The Morgan fingerprint density at radius 2 is 1.94 bits per heavy atom. The number of nitrogens with zero attached hydrogens (tertiary/aromatic N) is 1. The molecule has 1 heterocycles. The quantitative estimate of drug-likeness (QED) is 0.869. The minimum Gasteiger partial charge on any atom is -0.367 e. The molecular formula is C13H16F2N2. The molecule has 1 saturated carbocycles. The Balaban J connectivity index is 1.70. The molecule has 1 aliphatic carbocycles. The second-order valence-corrected chi connectivity index (χ2v) is 4.95. The topological polar surface area (TPSA) is 15.3 Å². The molecule has 0 spiro atoms. The van der Waals surface area contributed by atoms with Crippen molar-refractivity contribution in [3.63, 3.8) is 0 Å². The van der Waals surface area contributed by atoms with Gasteiger partial charge in [-0.05, 0) is 31.4 Å². The minimum atomic E-state index is -0.763. The number of nitrogens with one attached hydrogen (secondary N) is 1. The third kappa shape index (κ3) is 2.27. The Labute approximate surface area is 99.6 Å². The van der Waals surface area contributed by atoms with Crippen LogP contribution < -0.4 is 10.2 Å². The fraction of sp³-hybridized carbons (Fsp3) is 0.538. The number of rotatable bonds is 3. The molecule has 1 atom stereocenters. The molecule has 4 heteroatoms. The predicted molar refractivity (Wildman–Crippen MR) is 63.1 cm³/mol. The maximum Gasteiger partial charge on any atom is 0.182 e. The van der Waals surface area contributed by atoms with Crippen LogP contribution in [-0.2, 0) is 0 Å². The van der Waals surface area contributed by atoms with Gasteiger partial charge in [-0.1, -0.05) is 6.07 Å². The van der Waals surface area contributed by atoms with E-state index in [4.69, 9.17) is 0 Å². The monoisotopic (exact) mass is 238 g/mol. The largest absolute Gasteiger partial charge is 0.367 e. The van der Waals surface area contributed by atoms with Gasteiger partial charge in [-0.2, -0.15) is 0 Å². The van der Waals surface area contributed by atoms with Crippen LogP contribution in [0.5, 0.6) is 0 Å². The summed E-state index contributed by atoms with van der Waals surface area (Å²) < 4.78 is 26.8. The van der Waals surface area contributed by atoms with Gasteiger partial charge in [-0.15, -0.1) is 0 Å². The summed E-state index contributed by atoms with van der Waals surface area (Å²) in [4.78, 5) is 1.93. The smallest absolute Gasteiger partial charge is 0.182 e. The molecule has 0 aromatic heterocycles. The molecular weight excluding hydrogens is 222 g/mol. The van der Waals surface area contributed by atoms with Gasteiger partial charge in [0.25, 0.3) is 0 Å². The minimum absolute atomic E-state index is 0.394. The van der Waals surface area contributed by atoms with E-state index in [1.54, 1.807) is 12.1 Å². The first-order chi connectivity index (χ1) is 8.24. The van der Waals surface area contributed by atoms with Crippen molar-refractivity contribution in [2.45, 2.75) is 31.3 Å². The Hall–Kier alpha value is -1.16. The van der Waals surface area contributed by atoms with E-state index in [-0.39, 0.29) is 0 Å². The maximum absolute atomic E-state index is 13.6. The summed E-state index contributed by atoms with van der Waals surface area (Å²) in [7, 11) is 0. The highest BCUT2D eigenvalue weighted by Gasteiger charge is 2.30. The molecule has 2 fully saturated rings. The van der Waals surface area contributed by atoms with E-state index in [9.17, 15) is 8.78 Å². The van der Waals surface area contributed by atoms with Crippen molar-refractivity contribution in [2.75, 3.05) is 18.0 Å². The van der Waals surface area contributed by atoms with Gasteiger partial charge in [-0.3, -0.25) is 0 Å². The Bertz CT molecular complexity index is 418. The van der Waals surface area contributed by atoms with E-state index in [1.807, 2.05) is 4.90 Å². The first-order valence-electron chi connectivity index (χ1n) is 6.19. The molecule has 1 saturated heterocycles. The van der Waals surface area contributed by atoms with Gasteiger partial charge in [-0.25, -0.2) is 8.78 Å². The van der Waals surface area contributed by atoms with Crippen LogP contribution >= 0.6 is 0 Å². The van der Waals surface area contributed by atoms with Gasteiger partial charge in [0.1, 0.15) is 0 Å². The van der Waals surface area contributed by atoms with Gasteiger partial charge in [0.15, 0.2) is 11.6 Å². The second kappa shape index (κ2) is 4.26. The van der Waals surface area contributed by atoms with Crippen LogP contribution in [0, 0.1) is 11.6 Å². The molecule has 92 valence electrons. The SMILES string of the molecule is Fc1cccc(N2CCC(NC3CC3)C2)c1F. The van der Waals surface area contributed by atoms with Crippen molar-refractivity contribution in [3.05, 3.63) is 29.8 Å². The van der Waals surface area contributed by atoms with Crippen LogP contribution in [0.15, 0.2) is 18.2 Å². The molecule has 2 aliphatic rings. The number of halogens is 2. The molecule has 1 aliphatic heterocycles. The zero-order valence-electron chi connectivity index (χ0n) is 9.63. The molecule has 1 unspecified atom stereocenters. The molecule has 0 radical (unpaired) electrons. The van der Waals surface area contributed by atoms with Gasteiger partial charge in [0.05, 0.1) is 5.69 Å². The first kappa shape index (κ1) is 11.0. The van der Waals surface area contributed by atoms with Crippen LogP contribution in [0.4, 0.5) is 14.5 Å². The predicted octanol–water partition coefficient (Wildman–Crippen LogP) is 2.30. The lowest BCUT2D eigenvalue weighted by molar-refractivity contribution is 0.506. The van der Waals surface area contributed by atoms with Crippen molar-refractivity contribution >= 4 is 5.69 Å². The highest BCUT2D eigenvalue weighted by molar-refractivity contribution is 5.49. The average Bonchev–Trinajstić information content (AvgIpc) is 3.00. The van der Waals surface area contributed by atoms with E-state index in [0.29, 0.717) is 17.8 Å². The van der Waals surface area contributed by atoms with Crippen molar-refractivity contribution < 1.29 is 8.78 Å². The summed E-state index contributed by atoms with van der Waals surface area (Å²) in [6.07, 6.45) is 3.52. The number of benzene rings is 1. The van der Waals surface area contributed by atoms with Gasteiger partial charge < -0.3 is 10.2 Å². The fourth-order valence-corrected chi connectivity index (χ4v) is 2.44. The van der Waals surface area contributed by atoms with Crippen LogP contribution in [0.3, 0.4) is 0 Å². The highest BCUT2D eigenvalue weighted by atomic mass is 19.2. The first-order valence-corrected chi connectivity index (χ1v) is 6.19. The van der Waals surface area contributed by atoms with Gasteiger partial charge in [0.2, 0.25) is 0 Å². The third-order valence-corrected chi connectivity index (χ3v) is 3.51. The Kier molecular flexibility index (Phi) is 2.74.